The second-order valence-electron chi connectivity index (χ2n) is 5.95. The van der Waals surface area contributed by atoms with Gasteiger partial charge in [-0.05, 0) is 42.8 Å². The van der Waals surface area contributed by atoms with Crippen LogP contribution in [0.1, 0.15) is 15.9 Å². The van der Waals surface area contributed by atoms with Crippen molar-refractivity contribution < 1.29 is 4.79 Å². The first kappa shape index (κ1) is 16.5. The van der Waals surface area contributed by atoms with Crippen LogP contribution in [0.5, 0.6) is 0 Å². The highest BCUT2D eigenvalue weighted by Gasteiger charge is 2.11. The van der Waals surface area contributed by atoms with Crippen molar-refractivity contribution in [2.45, 2.75) is 6.92 Å². The first-order valence-electron chi connectivity index (χ1n) is 8.08. The summed E-state index contributed by atoms with van der Waals surface area (Å²) < 4.78 is 2.74. The maximum atomic E-state index is 12.5. The molecule has 1 N–H and O–H groups in total. The van der Waals surface area contributed by atoms with Crippen molar-refractivity contribution in [2.24, 2.45) is 0 Å². The maximum Gasteiger partial charge on any atom is 0.255 e. The molecular weight excluding hydrogens is 392 g/mol. The molecule has 0 spiro atoms. The number of aryl methyl sites for hydroxylation is 1. The smallest absolute Gasteiger partial charge is 0.255 e. The van der Waals surface area contributed by atoms with E-state index >= 15 is 0 Å². The summed E-state index contributed by atoms with van der Waals surface area (Å²) in [6.07, 6.45) is 5.54. The van der Waals surface area contributed by atoms with E-state index in [1.54, 1.807) is 18.3 Å². The van der Waals surface area contributed by atoms with Crippen molar-refractivity contribution >= 4 is 33.3 Å². The minimum atomic E-state index is -0.150. The van der Waals surface area contributed by atoms with Crippen LogP contribution in [0.25, 0.3) is 17.0 Å². The van der Waals surface area contributed by atoms with Gasteiger partial charge in [-0.3, -0.25) is 9.20 Å². The molecule has 2 aromatic carbocycles. The number of nitrogens with zero attached hydrogens (tertiary/aromatic N) is 3. The Kier molecular flexibility index (Phi) is 4.26. The third-order valence-electron chi connectivity index (χ3n) is 4.10. The molecule has 0 radical (unpaired) electrons. The number of aromatic nitrogens is 3. The number of hydrogen-bond acceptors (Lipinski definition) is 3. The lowest BCUT2D eigenvalue weighted by molar-refractivity contribution is 0.102. The molecule has 2 aromatic heterocycles. The van der Waals surface area contributed by atoms with Gasteiger partial charge in [-0.15, -0.1) is 0 Å². The van der Waals surface area contributed by atoms with Crippen LogP contribution in [0.4, 0.5) is 5.69 Å². The second-order valence-corrected chi connectivity index (χ2v) is 6.86. The topological polar surface area (TPSA) is 59.3 Å². The molecule has 0 aliphatic heterocycles. The number of halogens is 1. The molecule has 4 aromatic rings. The molecule has 6 heteroatoms. The van der Waals surface area contributed by atoms with E-state index in [1.165, 1.54) is 0 Å². The van der Waals surface area contributed by atoms with Crippen LogP contribution in [0, 0.1) is 6.92 Å². The third-order valence-corrected chi connectivity index (χ3v) is 4.60. The number of benzene rings is 2. The van der Waals surface area contributed by atoms with Crippen LogP contribution < -0.4 is 5.32 Å². The fraction of sp³-hybridized carbons (Fsp3) is 0.0500. The Morgan fingerprint density at radius 3 is 2.85 bits per heavy atom. The molecule has 4 rings (SSSR count). The largest absolute Gasteiger partial charge is 0.322 e. The molecule has 128 valence electrons. The van der Waals surface area contributed by atoms with E-state index in [0.717, 1.165) is 27.0 Å². The molecule has 5 nitrogen and oxygen atoms in total. The molecule has 1 amide bonds. The molecule has 0 unspecified atom stereocenters. The fourth-order valence-corrected chi connectivity index (χ4v) is 3.11. The fourth-order valence-electron chi connectivity index (χ4n) is 2.71. The Bertz CT molecular complexity index is 1090. The Labute approximate surface area is 158 Å². The SMILES string of the molecule is Cc1ccc(-c2cn3cccnc3n2)cc1NC(=O)c1cccc(Br)c1. The number of nitrogens with one attached hydrogen (secondary N) is 1. The van der Waals surface area contributed by atoms with E-state index in [1.807, 2.05) is 60.1 Å². The number of imidazole rings is 1. The molecule has 0 aliphatic carbocycles. The van der Waals surface area contributed by atoms with E-state index < -0.39 is 0 Å². The summed E-state index contributed by atoms with van der Waals surface area (Å²) >= 11 is 3.39. The zero-order chi connectivity index (χ0) is 18.1. The van der Waals surface area contributed by atoms with Crippen molar-refractivity contribution in [1.29, 1.82) is 0 Å². The average Bonchev–Trinajstić information content (AvgIpc) is 3.07. The molecule has 0 atom stereocenters. The van der Waals surface area contributed by atoms with Gasteiger partial charge in [-0.25, -0.2) is 9.97 Å². The monoisotopic (exact) mass is 406 g/mol. The standard InChI is InChI=1S/C20H15BrN4O/c1-13-6-7-14(18-12-25-9-3-8-22-20(25)24-18)11-17(13)23-19(26)15-4-2-5-16(21)10-15/h2-12H,1H3,(H,23,26). The van der Waals surface area contributed by atoms with Crippen molar-refractivity contribution in [2.75, 3.05) is 5.32 Å². The minimum absolute atomic E-state index is 0.150. The average molecular weight is 407 g/mol. The summed E-state index contributed by atoms with van der Waals surface area (Å²) in [7, 11) is 0. The number of carbonyl (C=O) groups excluding carboxylic acids is 1. The van der Waals surface area contributed by atoms with Gasteiger partial charge in [-0.2, -0.15) is 0 Å². The molecule has 26 heavy (non-hydrogen) atoms. The van der Waals surface area contributed by atoms with Gasteiger partial charge in [0.2, 0.25) is 5.78 Å². The predicted molar refractivity (Wildman–Crippen MR) is 105 cm³/mol. The zero-order valence-corrected chi connectivity index (χ0v) is 15.6. The first-order valence-corrected chi connectivity index (χ1v) is 8.87. The highest BCUT2D eigenvalue weighted by molar-refractivity contribution is 9.10. The van der Waals surface area contributed by atoms with Crippen LogP contribution in [-0.2, 0) is 0 Å². The third kappa shape index (κ3) is 3.23. The lowest BCUT2D eigenvalue weighted by atomic mass is 10.1. The molecule has 0 saturated heterocycles. The quantitative estimate of drug-likeness (QED) is 0.535. The molecule has 0 aliphatic rings. The van der Waals surface area contributed by atoms with Crippen molar-refractivity contribution in [3.63, 3.8) is 0 Å². The lowest BCUT2D eigenvalue weighted by Gasteiger charge is -2.10. The van der Waals surface area contributed by atoms with Gasteiger partial charge < -0.3 is 5.32 Å². The molecule has 2 heterocycles. The van der Waals surface area contributed by atoms with E-state index in [0.29, 0.717) is 11.3 Å². The van der Waals surface area contributed by atoms with Crippen LogP contribution in [0.2, 0.25) is 0 Å². The van der Waals surface area contributed by atoms with Gasteiger partial charge in [0.15, 0.2) is 0 Å². The van der Waals surface area contributed by atoms with Gasteiger partial charge in [0.1, 0.15) is 0 Å². The molecule has 0 fully saturated rings. The Morgan fingerprint density at radius 2 is 2.04 bits per heavy atom. The second kappa shape index (κ2) is 6.72. The predicted octanol–water partition coefficient (Wildman–Crippen LogP) is 4.72. The number of amides is 1. The summed E-state index contributed by atoms with van der Waals surface area (Å²) in [6.45, 7) is 1.96. The van der Waals surface area contributed by atoms with E-state index in [9.17, 15) is 4.79 Å². The summed E-state index contributed by atoms with van der Waals surface area (Å²) in [6, 6.07) is 15.1. The van der Waals surface area contributed by atoms with Crippen molar-refractivity contribution in [1.82, 2.24) is 14.4 Å². The van der Waals surface area contributed by atoms with Gasteiger partial charge in [-0.1, -0.05) is 34.1 Å². The number of rotatable bonds is 3. The van der Waals surface area contributed by atoms with Crippen LogP contribution in [-0.4, -0.2) is 20.3 Å². The van der Waals surface area contributed by atoms with Crippen molar-refractivity contribution in [3.05, 3.63) is 82.7 Å². The van der Waals surface area contributed by atoms with Gasteiger partial charge in [0, 0.05) is 39.9 Å². The van der Waals surface area contributed by atoms with Gasteiger partial charge in [0.25, 0.3) is 5.91 Å². The summed E-state index contributed by atoms with van der Waals surface area (Å²) in [5.41, 5.74) is 4.07. The summed E-state index contributed by atoms with van der Waals surface area (Å²) in [4.78, 5) is 21.3. The minimum Gasteiger partial charge on any atom is -0.322 e. The van der Waals surface area contributed by atoms with E-state index in [4.69, 9.17) is 0 Å². The number of carbonyl (C=O) groups is 1. The van der Waals surface area contributed by atoms with E-state index in [-0.39, 0.29) is 5.91 Å². The normalized spacial score (nSPS) is 10.8. The van der Waals surface area contributed by atoms with Gasteiger partial charge >= 0.3 is 0 Å². The lowest BCUT2D eigenvalue weighted by Crippen LogP contribution is -2.12. The first-order chi connectivity index (χ1) is 12.6. The molecular formula is C20H15BrN4O. The highest BCUT2D eigenvalue weighted by Crippen LogP contribution is 2.25. The Hall–Kier alpha value is -2.99. The molecule has 0 bridgehead atoms. The number of anilines is 1. The Morgan fingerprint density at radius 1 is 1.15 bits per heavy atom. The zero-order valence-electron chi connectivity index (χ0n) is 14.0. The van der Waals surface area contributed by atoms with Crippen LogP contribution in [0.15, 0.2) is 71.6 Å². The summed E-state index contributed by atoms with van der Waals surface area (Å²) in [5.74, 6) is 0.492. The maximum absolute atomic E-state index is 12.5. The van der Waals surface area contributed by atoms with E-state index in [2.05, 4.69) is 31.2 Å². The Balaban J connectivity index is 1.67. The van der Waals surface area contributed by atoms with Crippen LogP contribution in [0.3, 0.4) is 0 Å². The highest BCUT2D eigenvalue weighted by atomic mass is 79.9. The van der Waals surface area contributed by atoms with Crippen LogP contribution >= 0.6 is 15.9 Å². The number of hydrogen-bond donors (Lipinski definition) is 1. The van der Waals surface area contributed by atoms with Crippen molar-refractivity contribution in [3.8, 4) is 11.3 Å². The van der Waals surface area contributed by atoms with Gasteiger partial charge in [0.05, 0.1) is 5.69 Å². The summed E-state index contributed by atoms with van der Waals surface area (Å²) in [5, 5.41) is 2.99. The number of fused-ring (bicyclic) bond motifs is 1. The molecule has 0 saturated carbocycles.